The zero-order valence-corrected chi connectivity index (χ0v) is 18.6. The maximum absolute atomic E-state index is 11.7. The van der Waals surface area contributed by atoms with Crippen molar-refractivity contribution in [2.24, 2.45) is 0 Å². The third kappa shape index (κ3) is 17.2. The molecule has 0 aliphatic heterocycles. The number of aliphatic hydroxyl groups is 2. The molecule has 0 spiro atoms. The first kappa shape index (κ1) is 27.1. The molecule has 4 nitrogen and oxygen atoms in total. The Bertz CT molecular complexity index is 371. The molecule has 2 unspecified atom stereocenters. The molecule has 0 heterocycles. The van der Waals surface area contributed by atoms with Crippen LogP contribution in [0.2, 0.25) is 0 Å². The molecule has 2 atom stereocenters. The quantitative estimate of drug-likeness (QED) is 0.183. The molecule has 1 amide bonds. The fourth-order valence-corrected chi connectivity index (χ4v) is 3.33. The zero-order chi connectivity index (χ0) is 20.9. The minimum absolute atomic E-state index is 0.102. The van der Waals surface area contributed by atoms with Gasteiger partial charge in [-0.25, -0.2) is 0 Å². The molecule has 0 aliphatic rings. The van der Waals surface area contributed by atoms with Crippen molar-refractivity contribution >= 4 is 5.91 Å². The monoisotopic (exact) mass is 397 g/mol. The first-order valence-electron chi connectivity index (χ1n) is 11.9. The van der Waals surface area contributed by atoms with E-state index in [1.54, 1.807) is 6.08 Å². The summed E-state index contributed by atoms with van der Waals surface area (Å²) < 4.78 is 0. The van der Waals surface area contributed by atoms with Crippen molar-refractivity contribution in [3.05, 3.63) is 12.2 Å². The number of allylic oxidation sites excluding steroid dienone is 1. The first-order chi connectivity index (χ1) is 13.7. The summed E-state index contributed by atoms with van der Waals surface area (Å²) in [5, 5.41) is 22.2. The Morgan fingerprint density at radius 3 is 1.82 bits per heavy atom. The number of rotatable bonds is 20. The molecule has 0 aromatic carbocycles. The standard InChI is InChI=1S/C24H47NO3/c1-3-5-7-8-9-10-11-12-13-14-15-16-17-18-19-23(27)22(21-26)25-24(28)20-6-4-2/h18-19,22-23,26-27H,3-17,20-21H2,1-2H3,(H,25,28)/b19-18+. The number of nitrogens with one attached hydrogen (secondary N) is 1. The van der Waals surface area contributed by atoms with Crippen LogP contribution in [-0.2, 0) is 4.79 Å². The average Bonchev–Trinajstić information content (AvgIpc) is 2.70. The highest BCUT2D eigenvalue weighted by atomic mass is 16.3. The van der Waals surface area contributed by atoms with E-state index in [2.05, 4.69) is 12.2 Å². The number of amides is 1. The van der Waals surface area contributed by atoms with E-state index in [9.17, 15) is 15.0 Å². The van der Waals surface area contributed by atoms with Gasteiger partial charge in [0.25, 0.3) is 0 Å². The molecule has 3 N–H and O–H groups in total. The SMILES string of the molecule is CCCCCCCCCCCCCC/C=C/C(O)C(CO)NC(=O)CCCC. The van der Waals surface area contributed by atoms with Crippen LogP contribution >= 0.6 is 0 Å². The predicted octanol–water partition coefficient (Wildman–Crippen LogP) is 5.66. The van der Waals surface area contributed by atoms with Gasteiger partial charge >= 0.3 is 0 Å². The van der Waals surface area contributed by atoms with Crippen molar-refractivity contribution in [2.75, 3.05) is 6.61 Å². The van der Waals surface area contributed by atoms with E-state index >= 15 is 0 Å². The smallest absolute Gasteiger partial charge is 0.220 e. The third-order valence-corrected chi connectivity index (χ3v) is 5.27. The van der Waals surface area contributed by atoms with Crippen LogP contribution < -0.4 is 5.32 Å². The molecule has 0 aromatic heterocycles. The molecule has 0 saturated carbocycles. The molecule has 4 heteroatoms. The van der Waals surface area contributed by atoms with E-state index < -0.39 is 12.1 Å². The van der Waals surface area contributed by atoms with Gasteiger partial charge in [0.2, 0.25) is 5.91 Å². The van der Waals surface area contributed by atoms with Gasteiger partial charge in [0.05, 0.1) is 18.8 Å². The minimum Gasteiger partial charge on any atom is -0.394 e. The van der Waals surface area contributed by atoms with Gasteiger partial charge < -0.3 is 15.5 Å². The Labute approximate surface area is 174 Å². The second-order valence-electron chi connectivity index (χ2n) is 8.06. The molecular formula is C24H47NO3. The molecule has 0 saturated heterocycles. The van der Waals surface area contributed by atoms with Gasteiger partial charge in [0, 0.05) is 6.42 Å². The van der Waals surface area contributed by atoms with E-state index in [0.29, 0.717) is 6.42 Å². The van der Waals surface area contributed by atoms with Crippen LogP contribution in [0.4, 0.5) is 0 Å². The molecule has 0 fully saturated rings. The summed E-state index contributed by atoms with van der Waals surface area (Å²) in [6, 6.07) is -0.609. The lowest BCUT2D eigenvalue weighted by Gasteiger charge is -2.19. The van der Waals surface area contributed by atoms with E-state index in [1.807, 2.05) is 13.0 Å². The third-order valence-electron chi connectivity index (χ3n) is 5.27. The topological polar surface area (TPSA) is 69.6 Å². The summed E-state index contributed by atoms with van der Waals surface area (Å²) in [5.41, 5.74) is 0. The molecule has 0 rings (SSSR count). The zero-order valence-electron chi connectivity index (χ0n) is 18.6. The Balaban J connectivity index is 3.59. The second-order valence-corrected chi connectivity index (χ2v) is 8.06. The Morgan fingerprint density at radius 2 is 1.32 bits per heavy atom. The summed E-state index contributed by atoms with van der Waals surface area (Å²) in [7, 11) is 0. The van der Waals surface area contributed by atoms with Crippen molar-refractivity contribution in [3.63, 3.8) is 0 Å². The number of hydrogen-bond acceptors (Lipinski definition) is 3. The summed E-state index contributed by atoms with van der Waals surface area (Å²) in [6.45, 7) is 4.05. The van der Waals surface area contributed by atoms with Gasteiger partial charge in [-0.2, -0.15) is 0 Å². The van der Waals surface area contributed by atoms with E-state index in [1.165, 1.54) is 70.6 Å². The van der Waals surface area contributed by atoms with Crippen LogP contribution in [0.15, 0.2) is 12.2 Å². The van der Waals surface area contributed by atoms with Crippen molar-refractivity contribution in [1.82, 2.24) is 5.32 Å². The van der Waals surface area contributed by atoms with Crippen LogP contribution in [0, 0.1) is 0 Å². The van der Waals surface area contributed by atoms with Gasteiger partial charge in [-0.3, -0.25) is 4.79 Å². The van der Waals surface area contributed by atoms with Gasteiger partial charge in [-0.15, -0.1) is 0 Å². The van der Waals surface area contributed by atoms with Crippen LogP contribution in [0.5, 0.6) is 0 Å². The number of carbonyl (C=O) groups is 1. The number of aliphatic hydroxyl groups excluding tert-OH is 2. The van der Waals surface area contributed by atoms with Crippen LogP contribution in [0.3, 0.4) is 0 Å². The van der Waals surface area contributed by atoms with Crippen molar-refractivity contribution in [1.29, 1.82) is 0 Å². The maximum Gasteiger partial charge on any atom is 0.220 e. The highest BCUT2D eigenvalue weighted by Gasteiger charge is 2.17. The largest absolute Gasteiger partial charge is 0.394 e. The Morgan fingerprint density at radius 1 is 0.821 bits per heavy atom. The highest BCUT2D eigenvalue weighted by Crippen LogP contribution is 2.12. The fraction of sp³-hybridized carbons (Fsp3) is 0.875. The number of hydrogen-bond donors (Lipinski definition) is 3. The van der Waals surface area contributed by atoms with Crippen molar-refractivity contribution in [3.8, 4) is 0 Å². The van der Waals surface area contributed by atoms with E-state index in [-0.39, 0.29) is 12.5 Å². The van der Waals surface area contributed by atoms with Crippen molar-refractivity contribution < 1.29 is 15.0 Å². The highest BCUT2D eigenvalue weighted by molar-refractivity contribution is 5.76. The maximum atomic E-state index is 11.7. The minimum atomic E-state index is -0.826. The lowest BCUT2D eigenvalue weighted by Crippen LogP contribution is -2.45. The molecule has 0 bridgehead atoms. The number of carbonyl (C=O) groups excluding carboxylic acids is 1. The van der Waals surface area contributed by atoms with Gasteiger partial charge in [0.1, 0.15) is 0 Å². The molecular weight excluding hydrogens is 350 g/mol. The molecule has 28 heavy (non-hydrogen) atoms. The van der Waals surface area contributed by atoms with Gasteiger partial charge in [0.15, 0.2) is 0 Å². The second kappa shape index (κ2) is 20.9. The van der Waals surface area contributed by atoms with Crippen molar-refractivity contribution in [2.45, 2.75) is 129 Å². The average molecular weight is 398 g/mol. The lowest BCUT2D eigenvalue weighted by atomic mass is 10.0. The summed E-state index contributed by atoms with van der Waals surface area (Å²) in [6.07, 6.45) is 22.1. The van der Waals surface area contributed by atoms with Gasteiger partial charge in [-0.05, 0) is 19.3 Å². The fourth-order valence-electron chi connectivity index (χ4n) is 3.33. The lowest BCUT2D eigenvalue weighted by molar-refractivity contribution is -0.122. The Kier molecular flexibility index (Phi) is 20.2. The van der Waals surface area contributed by atoms with Gasteiger partial charge in [-0.1, -0.05) is 103 Å². The van der Waals surface area contributed by atoms with Crippen LogP contribution in [0.25, 0.3) is 0 Å². The van der Waals surface area contributed by atoms with E-state index in [0.717, 1.165) is 25.7 Å². The molecule has 0 radical (unpaired) electrons. The molecule has 0 aliphatic carbocycles. The summed E-state index contributed by atoms with van der Waals surface area (Å²) in [4.78, 5) is 11.7. The first-order valence-corrected chi connectivity index (χ1v) is 11.9. The van der Waals surface area contributed by atoms with Crippen LogP contribution in [0.1, 0.15) is 117 Å². The molecule has 0 aromatic rings. The van der Waals surface area contributed by atoms with Crippen LogP contribution in [-0.4, -0.2) is 34.9 Å². The predicted molar refractivity (Wildman–Crippen MR) is 119 cm³/mol. The normalized spacial score (nSPS) is 13.7. The summed E-state index contributed by atoms with van der Waals surface area (Å²) in [5.74, 6) is -0.102. The molecule has 166 valence electrons. The summed E-state index contributed by atoms with van der Waals surface area (Å²) >= 11 is 0. The van der Waals surface area contributed by atoms with E-state index in [4.69, 9.17) is 0 Å². The number of unbranched alkanes of at least 4 members (excludes halogenated alkanes) is 13. The Hall–Kier alpha value is -0.870.